The summed E-state index contributed by atoms with van der Waals surface area (Å²) in [5.41, 5.74) is -1.67. The van der Waals surface area contributed by atoms with Crippen LogP contribution in [0.5, 0.6) is 0 Å². The molecule has 1 N–H and O–H groups in total. The monoisotopic (exact) mass is 186 g/mol. The summed E-state index contributed by atoms with van der Waals surface area (Å²) in [6, 6.07) is 0. The van der Waals surface area contributed by atoms with Crippen molar-refractivity contribution in [2.75, 3.05) is 7.11 Å². The Kier molecular flexibility index (Phi) is 4.34. The molecule has 74 valence electrons. The maximum Gasteiger partial charge on any atom is 0.377 e. The molecule has 0 rings (SSSR count). The molecule has 4 nitrogen and oxygen atoms in total. The number of aliphatic hydroxyl groups is 1. The van der Waals surface area contributed by atoms with Gasteiger partial charge in [0.25, 0.3) is 5.78 Å². The number of methoxy groups -OCH3 is 1. The van der Waals surface area contributed by atoms with Crippen LogP contribution in [0.25, 0.3) is 0 Å². The molecule has 0 bridgehead atoms. The Morgan fingerprint density at radius 3 is 2.46 bits per heavy atom. The highest BCUT2D eigenvalue weighted by Gasteiger charge is 2.34. The molecule has 0 aliphatic rings. The first-order valence-electron chi connectivity index (χ1n) is 3.92. The first-order valence-corrected chi connectivity index (χ1v) is 3.92. The summed E-state index contributed by atoms with van der Waals surface area (Å²) in [5, 5.41) is 9.51. The predicted octanol–water partition coefficient (Wildman–Crippen LogP) is 0.446. The maximum absolute atomic E-state index is 11.1. The zero-order valence-corrected chi connectivity index (χ0v) is 8.03. The number of hydrogen-bond donors (Lipinski definition) is 1. The van der Waals surface area contributed by atoms with E-state index in [1.165, 1.54) is 6.92 Å². The summed E-state index contributed by atoms with van der Waals surface area (Å²) < 4.78 is 4.21. The van der Waals surface area contributed by atoms with Gasteiger partial charge in [0.2, 0.25) is 0 Å². The van der Waals surface area contributed by atoms with Crippen molar-refractivity contribution in [2.24, 2.45) is 0 Å². The fourth-order valence-electron chi connectivity index (χ4n) is 0.753. The second-order valence-electron chi connectivity index (χ2n) is 2.87. The lowest BCUT2D eigenvalue weighted by Gasteiger charge is -2.17. The van der Waals surface area contributed by atoms with Crippen LogP contribution in [0.2, 0.25) is 0 Å². The maximum atomic E-state index is 11.1. The lowest BCUT2D eigenvalue weighted by Crippen LogP contribution is -2.40. The van der Waals surface area contributed by atoms with Gasteiger partial charge in [-0.3, -0.25) is 4.79 Å². The van der Waals surface area contributed by atoms with E-state index in [9.17, 15) is 14.7 Å². The third-order valence-corrected chi connectivity index (χ3v) is 1.61. The number of Topliss-reactive ketones (excluding diaryl/α,β-unsaturated/α-hetero) is 1. The van der Waals surface area contributed by atoms with E-state index in [1.54, 1.807) is 19.1 Å². The topological polar surface area (TPSA) is 63.6 Å². The number of rotatable bonds is 4. The number of allylic oxidation sites excluding steroid dienone is 1. The summed E-state index contributed by atoms with van der Waals surface area (Å²) in [5.74, 6) is -1.94. The summed E-state index contributed by atoms with van der Waals surface area (Å²) in [6.07, 6.45) is 3.41. The smallest absolute Gasteiger partial charge is 0.377 e. The van der Waals surface area contributed by atoms with Crippen LogP contribution < -0.4 is 0 Å². The van der Waals surface area contributed by atoms with Crippen LogP contribution in [0.1, 0.15) is 20.3 Å². The number of ether oxygens (including phenoxy) is 1. The summed E-state index contributed by atoms with van der Waals surface area (Å²) in [7, 11) is 1.10. The molecule has 4 heteroatoms. The van der Waals surface area contributed by atoms with Crippen LogP contribution in [0.3, 0.4) is 0 Å². The molecule has 1 unspecified atom stereocenters. The van der Waals surface area contributed by atoms with Crippen LogP contribution in [0.4, 0.5) is 0 Å². The summed E-state index contributed by atoms with van der Waals surface area (Å²) in [6.45, 7) is 3.05. The van der Waals surface area contributed by atoms with Crippen molar-refractivity contribution in [3.8, 4) is 0 Å². The van der Waals surface area contributed by atoms with Crippen LogP contribution in [0, 0.1) is 0 Å². The third-order valence-electron chi connectivity index (χ3n) is 1.61. The summed E-state index contributed by atoms with van der Waals surface area (Å²) in [4.78, 5) is 21.9. The normalized spacial score (nSPS) is 15.4. The lowest BCUT2D eigenvalue weighted by molar-refractivity contribution is -0.159. The van der Waals surface area contributed by atoms with E-state index in [0.29, 0.717) is 0 Å². The summed E-state index contributed by atoms with van der Waals surface area (Å²) >= 11 is 0. The minimum absolute atomic E-state index is 0.109. The van der Waals surface area contributed by atoms with Gasteiger partial charge in [-0.05, 0) is 13.8 Å². The van der Waals surface area contributed by atoms with Crippen molar-refractivity contribution in [1.82, 2.24) is 0 Å². The average Bonchev–Trinajstić information content (AvgIpc) is 2.12. The van der Waals surface area contributed by atoms with Crippen LogP contribution in [-0.4, -0.2) is 29.6 Å². The molecule has 0 aliphatic carbocycles. The van der Waals surface area contributed by atoms with E-state index in [2.05, 4.69) is 4.74 Å². The molecule has 0 radical (unpaired) electrons. The second kappa shape index (κ2) is 4.77. The van der Waals surface area contributed by atoms with Gasteiger partial charge >= 0.3 is 5.97 Å². The average molecular weight is 186 g/mol. The largest absolute Gasteiger partial charge is 0.463 e. The molecule has 0 fully saturated rings. The number of carbonyl (C=O) groups excluding carboxylic acids is 2. The molecular weight excluding hydrogens is 172 g/mol. The van der Waals surface area contributed by atoms with Gasteiger partial charge in [-0.15, -0.1) is 0 Å². The Balaban J connectivity index is 4.44. The fourth-order valence-corrected chi connectivity index (χ4v) is 0.753. The van der Waals surface area contributed by atoms with Crippen LogP contribution in [-0.2, 0) is 14.3 Å². The van der Waals surface area contributed by atoms with Gasteiger partial charge in [-0.25, -0.2) is 4.79 Å². The molecule has 0 aromatic rings. The van der Waals surface area contributed by atoms with Gasteiger partial charge in [0, 0.05) is 6.42 Å². The number of hydrogen-bond acceptors (Lipinski definition) is 4. The molecule has 0 amide bonds. The van der Waals surface area contributed by atoms with Crippen molar-refractivity contribution in [3.63, 3.8) is 0 Å². The van der Waals surface area contributed by atoms with Crippen molar-refractivity contribution in [3.05, 3.63) is 12.2 Å². The molecule has 0 spiro atoms. The van der Waals surface area contributed by atoms with Crippen molar-refractivity contribution in [2.45, 2.75) is 25.9 Å². The first-order chi connectivity index (χ1) is 5.95. The van der Waals surface area contributed by atoms with E-state index in [-0.39, 0.29) is 6.42 Å². The fraction of sp³-hybridized carbons (Fsp3) is 0.556. The quantitative estimate of drug-likeness (QED) is 0.393. The molecule has 0 saturated carbocycles. The Morgan fingerprint density at radius 2 is 2.08 bits per heavy atom. The minimum atomic E-state index is -1.67. The Bertz CT molecular complexity index is 228. The lowest BCUT2D eigenvalue weighted by atomic mass is 9.96. The van der Waals surface area contributed by atoms with Gasteiger partial charge in [-0.2, -0.15) is 0 Å². The molecule has 13 heavy (non-hydrogen) atoms. The zero-order valence-electron chi connectivity index (χ0n) is 8.03. The van der Waals surface area contributed by atoms with E-state index in [4.69, 9.17) is 0 Å². The SMILES string of the molecule is CC=CCC(C)(O)C(=O)C(=O)OC. The standard InChI is InChI=1S/C9H14O4/c1-4-5-6-9(2,12)7(10)8(11)13-3/h4-5,12H,6H2,1-3H3. The van der Waals surface area contributed by atoms with Gasteiger partial charge in [0.05, 0.1) is 7.11 Å². The molecule has 1 atom stereocenters. The van der Waals surface area contributed by atoms with Gasteiger partial charge in [-0.1, -0.05) is 12.2 Å². The Morgan fingerprint density at radius 1 is 1.54 bits per heavy atom. The molecule has 0 aliphatic heterocycles. The van der Waals surface area contributed by atoms with E-state index in [0.717, 1.165) is 7.11 Å². The minimum Gasteiger partial charge on any atom is -0.463 e. The molecule has 0 aromatic carbocycles. The number of esters is 1. The van der Waals surface area contributed by atoms with Crippen molar-refractivity contribution < 1.29 is 19.4 Å². The van der Waals surface area contributed by atoms with Crippen molar-refractivity contribution in [1.29, 1.82) is 0 Å². The molecule has 0 heterocycles. The van der Waals surface area contributed by atoms with Crippen LogP contribution in [0.15, 0.2) is 12.2 Å². The van der Waals surface area contributed by atoms with Gasteiger partial charge in [0.1, 0.15) is 5.60 Å². The highest BCUT2D eigenvalue weighted by molar-refractivity contribution is 6.36. The highest BCUT2D eigenvalue weighted by Crippen LogP contribution is 2.12. The molecule has 0 aromatic heterocycles. The number of carbonyl (C=O) groups is 2. The highest BCUT2D eigenvalue weighted by atomic mass is 16.5. The van der Waals surface area contributed by atoms with Gasteiger partial charge < -0.3 is 9.84 Å². The zero-order chi connectivity index (χ0) is 10.5. The van der Waals surface area contributed by atoms with E-state index >= 15 is 0 Å². The molecular formula is C9H14O4. The number of ketones is 1. The first kappa shape index (κ1) is 11.8. The van der Waals surface area contributed by atoms with E-state index < -0.39 is 17.4 Å². The second-order valence-corrected chi connectivity index (χ2v) is 2.87. The van der Waals surface area contributed by atoms with Crippen molar-refractivity contribution >= 4 is 11.8 Å². The Labute approximate surface area is 77.2 Å². The van der Waals surface area contributed by atoms with Crippen LogP contribution >= 0.6 is 0 Å². The predicted molar refractivity (Wildman–Crippen MR) is 47.1 cm³/mol. The third kappa shape index (κ3) is 3.38. The molecule has 0 saturated heterocycles. The van der Waals surface area contributed by atoms with E-state index in [1.807, 2.05) is 0 Å². The van der Waals surface area contributed by atoms with Gasteiger partial charge in [0.15, 0.2) is 0 Å². The Hall–Kier alpha value is -1.16.